The predicted molar refractivity (Wildman–Crippen MR) is 46.1 cm³/mol. The van der Waals surface area contributed by atoms with Crippen molar-refractivity contribution >= 4 is 0 Å². The molecule has 0 N–H and O–H groups in total. The standard InChI is InChI=1S/C11H15O/c12-11-7-3-6-10(11)8-4-1-2-5-9(8)11/h2,5,8-10H,1,3-4,6-7H2. The Kier molecular flexibility index (Phi) is 1.27. The Bertz CT molecular complexity index is 233. The fourth-order valence-electron chi connectivity index (χ4n) is 3.73. The number of hydrogen-bond donors (Lipinski definition) is 0. The highest BCUT2D eigenvalue weighted by molar-refractivity contribution is 5.20. The third kappa shape index (κ3) is 0.646. The molecule has 1 radical (unpaired) electrons. The Labute approximate surface area is 73.5 Å². The zero-order valence-corrected chi connectivity index (χ0v) is 7.33. The van der Waals surface area contributed by atoms with Crippen LogP contribution in [0.25, 0.3) is 0 Å². The molecule has 2 fully saturated rings. The van der Waals surface area contributed by atoms with Crippen LogP contribution in [0.3, 0.4) is 0 Å². The van der Waals surface area contributed by atoms with Crippen molar-refractivity contribution in [3.8, 4) is 0 Å². The van der Waals surface area contributed by atoms with E-state index < -0.39 is 5.60 Å². The monoisotopic (exact) mass is 163 g/mol. The fourth-order valence-corrected chi connectivity index (χ4v) is 3.73. The third-order valence-corrected chi connectivity index (χ3v) is 4.26. The molecule has 3 aliphatic carbocycles. The minimum atomic E-state index is -0.512. The van der Waals surface area contributed by atoms with Gasteiger partial charge in [-0.05, 0) is 37.5 Å². The Balaban J connectivity index is 1.93. The van der Waals surface area contributed by atoms with Crippen molar-refractivity contribution in [1.82, 2.24) is 0 Å². The second-order valence-electron chi connectivity index (χ2n) is 4.65. The first-order chi connectivity index (χ1) is 5.82. The minimum absolute atomic E-state index is 0.416. The van der Waals surface area contributed by atoms with Crippen molar-refractivity contribution in [2.24, 2.45) is 17.8 Å². The molecule has 0 saturated heterocycles. The van der Waals surface area contributed by atoms with Gasteiger partial charge in [0.2, 0.25) is 0 Å². The van der Waals surface area contributed by atoms with Gasteiger partial charge in [0.15, 0.2) is 0 Å². The van der Waals surface area contributed by atoms with Crippen molar-refractivity contribution in [2.75, 3.05) is 0 Å². The van der Waals surface area contributed by atoms with Crippen LogP contribution in [-0.4, -0.2) is 5.60 Å². The zero-order chi connectivity index (χ0) is 8.18. The van der Waals surface area contributed by atoms with Gasteiger partial charge in [-0.2, -0.15) is 0 Å². The van der Waals surface area contributed by atoms with Gasteiger partial charge in [-0.3, -0.25) is 0 Å². The molecule has 4 unspecified atom stereocenters. The fraction of sp³-hybridized carbons (Fsp3) is 0.818. The predicted octanol–water partition coefficient (Wildman–Crippen LogP) is 2.55. The largest absolute Gasteiger partial charge is 0.229 e. The normalized spacial score (nSPS) is 55.9. The molecular formula is C11H15O. The lowest BCUT2D eigenvalue weighted by Crippen LogP contribution is -2.58. The van der Waals surface area contributed by atoms with E-state index >= 15 is 0 Å². The summed E-state index contributed by atoms with van der Waals surface area (Å²) in [5.41, 5.74) is -0.512. The average molecular weight is 163 g/mol. The maximum absolute atomic E-state index is 12.2. The van der Waals surface area contributed by atoms with E-state index in [-0.39, 0.29) is 0 Å². The number of fused-ring (bicyclic) bond motifs is 4. The molecule has 0 aromatic heterocycles. The molecule has 0 aromatic carbocycles. The lowest BCUT2D eigenvalue weighted by atomic mass is 9.52. The van der Waals surface area contributed by atoms with Crippen molar-refractivity contribution in [3.63, 3.8) is 0 Å². The van der Waals surface area contributed by atoms with Crippen LogP contribution in [-0.2, 0) is 5.11 Å². The van der Waals surface area contributed by atoms with Crippen LogP contribution in [0.5, 0.6) is 0 Å². The van der Waals surface area contributed by atoms with E-state index in [4.69, 9.17) is 0 Å². The number of rotatable bonds is 0. The molecular weight excluding hydrogens is 148 g/mol. The summed E-state index contributed by atoms with van der Waals surface area (Å²) in [5.74, 6) is 1.74. The first-order valence-electron chi connectivity index (χ1n) is 5.19. The van der Waals surface area contributed by atoms with Gasteiger partial charge in [-0.15, -0.1) is 0 Å². The summed E-state index contributed by atoms with van der Waals surface area (Å²) >= 11 is 0. The van der Waals surface area contributed by atoms with Gasteiger partial charge >= 0.3 is 0 Å². The summed E-state index contributed by atoms with van der Waals surface area (Å²) in [6.45, 7) is 0. The van der Waals surface area contributed by atoms with E-state index in [1.165, 1.54) is 25.7 Å². The van der Waals surface area contributed by atoms with Crippen molar-refractivity contribution < 1.29 is 5.11 Å². The van der Waals surface area contributed by atoms with Gasteiger partial charge in [0.05, 0.1) is 0 Å². The molecule has 0 bridgehead atoms. The summed E-state index contributed by atoms with van der Waals surface area (Å²) in [6.07, 6.45) is 10.3. The second-order valence-corrected chi connectivity index (χ2v) is 4.65. The summed E-state index contributed by atoms with van der Waals surface area (Å²) in [7, 11) is 0. The highest BCUT2D eigenvalue weighted by Gasteiger charge is 2.63. The highest BCUT2D eigenvalue weighted by Crippen LogP contribution is 2.61. The highest BCUT2D eigenvalue weighted by atomic mass is 16.3. The van der Waals surface area contributed by atoms with Crippen molar-refractivity contribution in [1.29, 1.82) is 0 Å². The van der Waals surface area contributed by atoms with Gasteiger partial charge in [-0.1, -0.05) is 18.6 Å². The summed E-state index contributed by atoms with van der Waals surface area (Å²) in [6, 6.07) is 0. The molecule has 1 nitrogen and oxygen atoms in total. The maximum atomic E-state index is 12.2. The van der Waals surface area contributed by atoms with E-state index in [0.29, 0.717) is 11.8 Å². The van der Waals surface area contributed by atoms with Crippen LogP contribution in [0.1, 0.15) is 32.1 Å². The van der Waals surface area contributed by atoms with Crippen LogP contribution >= 0.6 is 0 Å². The van der Waals surface area contributed by atoms with Crippen molar-refractivity contribution in [2.45, 2.75) is 37.7 Å². The van der Waals surface area contributed by atoms with Crippen LogP contribution in [0.15, 0.2) is 12.2 Å². The van der Waals surface area contributed by atoms with E-state index in [1.54, 1.807) is 0 Å². The second kappa shape index (κ2) is 2.14. The topological polar surface area (TPSA) is 19.9 Å². The lowest BCUT2D eigenvalue weighted by Gasteiger charge is -2.54. The van der Waals surface area contributed by atoms with Gasteiger partial charge in [0.25, 0.3) is 0 Å². The molecule has 4 atom stereocenters. The average Bonchev–Trinajstić information content (AvgIpc) is 2.43. The Hall–Kier alpha value is -0.300. The molecule has 0 aliphatic heterocycles. The molecule has 0 amide bonds. The smallest absolute Gasteiger partial charge is 0.113 e. The van der Waals surface area contributed by atoms with Gasteiger partial charge in [-0.25, -0.2) is 5.11 Å². The number of hydrogen-bond acceptors (Lipinski definition) is 0. The van der Waals surface area contributed by atoms with Gasteiger partial charge < -0.3 is 0 Å². The Morgan fingerprint density at radius 3 is 3.17 bits per heavy atom. The van der Waals surface area contributed by atoms with Crippen LogP contribution in [0.2, 0.25) is 0 Å². The molecule has 2 saturated carbocycles. The van der Waals surface area contributed by atoms with Crippen LogP contribution in [0, 0.1) is 17.8 Å². The molecule has 1 heteroatoms. The maximum Gasteiger partial charge on any atom is 0.113 e. The molecule has 65 valence electrons. The Morgan fingerprint density at radius 1 is 1.33 bits per heavy atom. The first kappa shape index (κ1) is 7.14. The molecule has 3 rings (SSSR count). The summed E-state index contributed by atoms with van der Waals surface area (Å²) < 4.78 is 0. The first-order valence-corrected chi connectivity index (χ1v) is 5.19. The molecule has 0 aromatic rings. The molecule has 0 spiro atoms. The summed E-state index contributed by atoms with van der Waals surface area (Å²) in [5, 5.41) is 12.2. The van der Waals surface area contributed by atoms with E-state index in [1.807, 2.05) is 0 Å². The van der Waals surface area contributed by atoms with Crippen LogP contribution in [0.4, 0.5) is 0 Å². The van der Waals surface area contributed by atoms with Gasteiger partial charge in [0, 0.05) is 5.92 Å². The minimum Gasteiger partial charge on any atom is -0.229 e. The Morgan fingerprint density at radius 2 is 2.25 bits per heavy atom. The van der Waals surface area contributed by atoms with E-state index in [9.17, 15) is 5.11 Å². The molecule has 3 aliphatic rings. The number of allylic oxidation sites excluding steroid dienone is 1. The van der Waals surface area contributed by atoms with E-state index in [0.717, 1.165) is 12.3 Å². The lowest BCUT2D eigenvalue weighted by molar-refractivity contribution is -0.202. The van der Waals surface area contributed by atoms with Gasteiger partial charge in [0.1, 0.15) is 5.60 Å². The van der Waals surface area contributed by atoms with Crippen molar-refractivity contribution in [3.05, 3.63) is 12.2 Å². The van der Waals surface area contributed by atoms with Crippen LogP contribution < -0.4 is 0 Å². The van der Waals surface area contributed by atoms with E-state index in [2.05, 4.69) is 12.2 Å². The summed E-state index contributed by atoms with van der Waals surface area (Å²) in [4.78, 5) is 0. The quantitative estimate of drug-likeness (QED) is 0.489. The molecule has 12 heavy (non-hydrogen) atoms. The zero-order valence-electron chi connectivity index (χ0n) is 7.33. The molecule has 0 heterocycles. The third-order valence-electron chi connectivity index (χ3n) is 4.26. The SMILES string of the molecule is [O]C12CCCC1C1CCC=CC12.